The lowest BCUT2D eigenvalue weighted by atomic mass is 10.1. The number of rotatable bonds is 8. The standard InChI is InChI=1S/C23H25N5O4S/c1-28(2)22(29)14-17-5-7-20(8-6-17)27-33(31,32)21-11-9-19(10-12-21)26-23(30)25-16-18-4-3-13-24-15-18/h3-13,15,27H,14,16H2,1-2H3,(H2,25,26,30). The van der Waals surface area contributed by atoms with E-state index in [1.807, 2.05) is 6.07 Å². The minimum absolute atomic E-state index is 0.0391. The first-order valence-electron chi connectivity index (χ1n) is 10.1. The van der Waals surface area contributed by atoms with Crippen molar-refractivity contribution in [2.45, 2.75) is 17.9 Å². The number of likely N-dealkylation sites (N-methyl/N-ethyl adjacent to an activating group) is 1. The first-order valence-corrected chi connectivity index (χ1v) is 11.6. The molecule has 0 aliphatic rings. The molecule has 10 heteroatoms. The number of nitrogens with zero attached hydrogens (tertiary/aromatic N) is 2. The van der Waals surface area contributed by atoms with Crippen LogP contribution in [0.3, 0.4) is 0 Å². The average molecular weight is 468 g/mol. The second-order valence-corrected chi connectivity index (χ2v) is 9.14. The highest BCUT2D eigenvalue weighted by Gasteiger charge is 2.15. The van der Waals surface area contributed by atoms with E-state index in [0.29, 0.717) is 17.9 Å². The summed E-state index contributed by atoms with van der Waals surface area (Å²) in [6.07, 6.45) is 3.55. The van der Waals surface area contributed by atoms with Gasteiger partial charge in [0, 0.05) is 44.4 Å². The summed E-state index contributed by atoms with van der Waals surface area (Å²) in [5.74, 6) is -0.0391. The fraction of sp³-hybridized carbons (Fsp3) is 0.174. The third-order valence-corrected chi connectivity index (χ3v) is 6.06. The number of nitrogens with one attached hydrogen (secondary N) is 3. The summed E-state index contributed by atoms with van der Waals surface area (Å²) in [7, 11) is -0.453. The fourth-order valence-corrected chi connectivity index (χ4v) is 3.87. The van der Waals surface area contributed by atoms with E-state index < -0.39 is 16.1 Å². The molecule has 172 valence electrons. The maximum Gasteiger partial charge on any atom is 0.319 e. The summed E-state index contributed by atoms with van der Waals surface area (Å²) in [5.41, 5.74) is 2.48. The van der Waals surface area contributed by atoms with Crippen LogP contribution in [0, 0.1) is 0 Å². The largest absolute Gasteiger partial charge is 0.349 e. The van der Waals surface area contributed by atoms with Crippen molar-refractivity contribution < 1.29 is 18.0 Å². The van der Waals surface area contributed by atoms with Crippen LogP contribution in [0.15, 0.2) is 78.0 Å². The molecule has 0 spiro atoms. The van der Waals surface area contributed by atoms with Crippen molar-refractivity contribution in [3.8, 4) is 0 Å². The van der Waals surface area contributed by atoms with Crippen molar-refractivity contribution in [2.24, 2.45) is 0 Å². The number of hydrogen-bond donors (Lipinski definition) is 3. The van der Waals surface area contributed by atoms with Crippen molar-refractivity contribution in [1.29, 1.82) is 0 Å². The molecule has 9 nitrogen and oxygen atoms in total. The van der Waals surface area contributed by atoms with Gasteiger partial charge in [0.2, 0.25) is 5.91 Å². The van der Waals surface area contributed by atoms with Crippen LogP contribution in [0.5, 0.6) is 0 Å². The Bertz CT molecular complexity index is 1200. The Hall–Kier alpha value is -3.92. The maximum atomic E-state index is 12.7. The molecule has 1 aromatic heterocycles. The van der Waals surface area contributed by atoms with E-state index in [1.54, 1.807) is 56.8 Å². The van der Waals surface area contributed by atoms with Crippen molar-refractivity contribution in [2.75, 3.05) is 24.1 Å². The van der Waals surface area contributed by atoms with E-state index in [9.17, 15) is 18.0 Å². The Morgan fingerprint density at radius 2 is 1.58 bits per heavy atom. The monoisotopic (exact) mass is 467 g/mol. The molecule has 0 radical (unpaired) electrons. The lowest BCUT2D eigenvalue weighted by Gasteiger charge is -2.12. The zero-order valence-electron chi connectivity index (χ0n) is 18.3. The molecule has 0 atom stereocenters. The van der Waals surface area contributed by atoms with Crippen LogP contribution < -0.4 is 15.4 Å². The van der Waals surface area contributed by atoms with Crippen molar-refractivity contribution in [3.63, 3.8) is 0 Å². The Morgan fingerprint density at radius 3 is 2.18 bits per heavy atom. The molecule has 2 aromatic carbocycles. The van der Waals surface area contributed by atoms with Gasteiger partial charge in [-0.05, 0) is 53.6 Å². The average Bonchev–Trinajstić information content (AvgIpc) is 2.80. The van der Waals surface area contributed by atoms with Gasteiger partial charge in [-0.25, -0.2) is 13.2 Å². The van der Waals surface area contributed by atoms with Crippen LogP contribution in [0.4, 0.5) is 16.2 Å². The number of benzene rings is 2. The molecule has 3 N–H and O–H groups in total. The molecule has 3 amide bonds. The molecule has 3 rings (SSSR count). The van der Waals surface area contributed by atoms with Gasteiger partial charge in [0.05, 0.1) is 11.3 Å². The molecule has 0 aliphatic carbocycles. The second-order valence-electron chi connectivity index (χ2n) is 7.46. The van der Waals surface area contributed by atoms with Crippen LogP contribution in [0.1, 0.15) is 11.1 Å². The number of carbonyl (C=O) groups excluding carboxylic acids is 2. The van der Waals surface area contributed by atoms with E-state index in [1.165, 1.54) is 29.2 Å². The first-order chi connectivity index (χ1) is 15.7. The molecule has 3 aromatic rings. The predicted octanol–water partition coefficient (Wildman–Crippen LogP) is 2.83. The van der Waals surface area contributed by atoms with Crippen molar-refractivity contribution in [3.05, 3.63) is 84.2 Å². The molecule has 0 saturated carbocycles. The summed E-state index contributed by atoms with van der Waals surface area (Å²) in [5, 5.41) is 5.36. The summed E-state index contributed by atoms with van der Waals surface area (Å²) < 4.78 is 27.8. The van der Waals surface area contributed by atoms with E-state index in [4.69, 9.17) is 0 Å². The molecule has 0 unspecified atom stereocenters. The van der Waals surface area contributed by atoms with E-state index in [0.717, 1.165) is 11.1 Å². The molecular weight excluding hydrogens is 442 g/mol. The van der Waals surface area contributed by atoms with Gasteiger partial charge in [-0.3, -0.25) is 14.5 Å². The molecule has 0 bridgehead atoms. The number of aromatic nitrogens is 1. The number of amides is 3. The zero-order chi connectivity index (χ0) is 23.8. The molecule has 0 fully saturated rings. The quantitative estimate of drug-likeness (QED) is 0.470. The summed E-state index contributed by atoms with van der Waals surface area (Å²) >= 11 is 0. The van der Waals surface area contributed by atoms with Gasteiger partial charge in [0.15, 0.2) is 0 Å². The van der Waals surface area contributed by atoms with Gasteiger partial charge in [-0.1, -0.05) is 18.2 Å². The van der Waals surface area contributed by atoms with Crippen LogP contribution >= 0.6 is 0 Å². The molecular formula is C23H25N5O4S. The summed E-state index contributed by atoms with van der Waals surface area (Å²) in [6.45, 7) is 0.318. The van der Waals surface area contributed by atoms with E-state index in [-0.39, 0.29) is 17.2 Å². The van der Waals surface area contributed by atoms with Gasteiger partial charge in [-0.15, -0.1) is 0 Å². The third kappa shape index (κ3) is 7.04. The van der Waals surface area contributed by atoms with Crippen LogP contribution in [-0.2, 0) is 27.8 Å². The first kappa shape index (κ1) is 23.7. The summed E-state index contributed by atoms with van der Waals surface area (Å²) in [6, 6.07) is 15.7. The van der Waals surface area contributed by atoms with Crippen molar-refractivity contribution in [1.82, 2.24) is 15.2 Å². The van der Waals surface area contributed by atoms with Crippen LogP contribution in [0.2, 0.25) is 0 Å². The third-order valence-electron chi connectivity index (χ3n) is 4.66. The predicted molar refractivity (Wildman–Crippen MR) is 126 cm³/mol. The van der Waals surface area contributed by atoms with Gasteiger partial charge in [0.1, 0.15) is 0 Å². The Morgan fingerprint density at radius 1 is 0.909 bits per heavy atom. The second kappa shape index (κ2) is 10.6. The molecule has 0 aliphatic heterocycles. The normalized spacial score (nSPS) is 10.8. The summed E-state index contributed by atoms with van der Waals surface area (Å²) in [4.78, 5) is 29.4. The fourth-order valence-electron chi connectivity index (χ4n) is 2.82. The van der Waals surface area contributed by atoms with Gasteiger partial charge in [0.25, 0.3) is 10.0 Å². The number of anilines is 2. The highest BCUT2D eigenvalue weighted by molar-refractivity contribution is 7.92. The number of sulfonamides is 1. The maximum absolute atomic E-state index is 12.7. The molecule has 0 saturated heterocycles. The topological polar surface area (TPSA) is 121 Å². The lowest BCUT2D eigenvalue weighted by Crippen LogP contribution is -2.28. The van der Waals surface area contributed by atoms with Gasteiger partial charge < -0.3 is 15.5 Å². The number of hydrogen-bond acceptors (Lipinski definition) is 5. The highest BCUT2D eigenvalue weighted by atomic mass is 32.2. The SMILES string of the molecule is CN(C)C(=O)Cc1ccc(NS(=O)(=O)c2ccc(NC(=O)NCc3cccnc3)cc2)cc1. The van der Waals surface area contributed by atoms with Crippen LogP contribution in [0.25, 0.3) is 0 Å². The Kier molecular flexibility index (Phi) is 7.62. The van der Waals surface area contributed by atoms with Gasteiger partial charge in [-0.2, -0.15) is 0 Å². The Balaban J connectivity index is 1.56. The molecule has 33 heavy (non-hydrogen) atoms. The number of urea groups is 1. The van der Waals surface area contributed by atoms with Crippen molar-refractivity contribution >= 4 is 33.3 Å². The highest BCUT2D eigenvalue weighted by Crippen LogP contribution is 2.19. The number of carbonyl (C=O) groups is 2. The zero-order valence-corrected chi connectivity index (χ0v) is 19.1. The van der Waals surface area contributed by atoms with Gasteiger partial charge >= 0.3 is 6.03 Å². The molecule has 1 heterocycles. The van der Waals surface area contributed by atoms with E-state index >= 15 is 0 Å². The minimum Gasteiger partial charge on any atom is -0.349 e. The lowest BCUT2D eigenvalue weighted by molar-refractivity contribution is -0.127. The minimum atomic E-state index is -3.81. The van der Waals surface area contributed by atoms with Crippen LogP contribution in [-0.4, -0.2) is 44.3 Å². The Labute approximate surface area is 192 Å². The van der Waals surface area contributed by atoms with E-state index in [2.05, 4.69) is 20.3 Å². The smallest absolute Gasteiger partial charge is 0.319 e. The number of pyridine rings is 1.